The van der Waals surface area contributed by atoms with Gasteiger partial charge < -0.3 is 10.8 Å². The monoisotopic (exact) mass is 319 g/mol. The summed E-state index contributed by atoms with van der Waals surface area (Å²) in [6.07, 6.45) is 1.94. The number of hydrogen-bond donors (Lipinski definition) is 2. The smallest absolute Gasteiger partial charge is 0.323 e. The summed E-state index contributed by atoms with van der Waals surface area (Å²) in [4.78, 5) is 11.0. The molecule has 5 heteroatoms. The summed E-state index contributed by atoms with van der Waals surface area (Å²) in [5, 5.41) is 9.05. The molecule has 0 spiro atoms. The molecule has 1 saturated carbocycles. The van der Waals surface area contributed by atoms with Gasteiger partial charge in [0.25, 0.3) is 0 Å². The van der Waals surface area contributed by atoms with Crippen molar-refractivity contribution in [3.05, 3.63) is 34.3 Å². The van der Waals surface area contributed by atoms with Crippen LogP contribution in [0.3, 0.4) is 0 Å². The van der Waals surface area contributed by atoms with E-state index in [4.69, 9.17) is 10.8 Å². The van der Waals surface area contributed by atoms with E-state index >= 15 is 0 Å². The average Bonchev–Trinajstić information content (AvgIpc) is 2.63. The standard InChI is InChI=1S/C12H14BrNO2.ClH/c13-10-3-1-8(2-4-10)9-5-6-12(14,7-9)11(15)16;/h1-4,9H,5-7,14H2,(H,15,16);1H. The van der Waals surface area contributed by atoms with Crippen molar-refractivity contribution in [2.24, 2.45) is 5.73 Å². The van der Waals surface area contributed by atoms with Gasteiger partial charge in [0.1, 0.15) is 5.54 Å². The van der Waals surface area contributed by atoms with Gasteiger partial charge in [-0.25, -0.2) is 0 Å². The Labute approximate surface area is 115 Å². The second-order valence-electron chi connectivity index (χ2n) is 4.45. The molecular formula is C12H15BrClNO2. The zero-order chi connectivity index (χ0) is 11.8. The summed E-state index contributed by atoms with van der Waals surface area (Å²) in [7, 11) is 0. The predicted molar refractivity (Wildman–Crippen MR) is 72.5 cm³/mol. The molecular weight excluding hydrogens is 305 g/mol. The Bertz CT molecular complexity index is 409. The summed E-state index contributed by atoms with van der Waals surface area (Å²) in [6, 6.07) is 8.02. The van der Waals surface area contributed by atoms with Gasteiger partial charge in [-0.3, -0.25) is 4.79 Å². The molecule has 1 aromatic carbocycles. The van der Waals surface area contributed by atoms with Crippen LogP contribution in [0.4, 0.5) is 0 Å². The molecule has 0 amide bonds. The number of hydrogen-bond acceptors (Lipinski definition) is 2. The lowest BCUT2D eigenvalue weighted by molar-refractivity contribution is -0.143. The lowest BCUT2D eigenvalue weighted by Gasteiger charge is -2.18. The Morgan fingerprint density at radius 1 is 1.41 bits per heavy atom. The predicted octanol–water partition coefficient (Wildman–Crippen LogP) is 2.92. The molecule has 3 nitrogen and oxygen atoms in total. The maximum atomic E-state index is 11.0. The minimum absolute atomic E-state index is 0. The van der Waals surface area contributed by atoms with Gasteiger partial charge >= 0.3 is 5.97 Å². The van der Waals surface area contributed by atoms with E-state index < -0.39 is 11.5 Å². The minimum atomic E-state index is -1.03. The van der Waals surface area contributed by atoms with E-state index in [2.05, 4.69) is 15.9 Å². The Morgan fingerprint density at radius 3 is 2.47 bits per heavy atom. The Hall–Kier alpha value is -0.580. The molecule has 2 unspecified atom stereocenters. The number of benzene rings is 1. The maximum absolute atomic E-state index is 11.0. The molecule has 0 aliphatic heterocycles. The molecule has 0 radical (unpaired) electrons. The molecule has 1 aliphatic carbocycles. The normalized spacial score (nSPS) is 27.5. The molecule has 2 atom stereocenters. The van der Waals surface area contributed by atoms with Gasteiger partial charge in [0.2, 0.25) is 0 Å². The first-order valence-corrected chi connectivity index (χ1v) is 6.08. The highest BCUT2D eigenvalue weighted by atomic mass is 79.9. The van der Waals surface area contributed by atoms with Crippen LogP contribution in [0.5, 0.6) is 0 Å². The van der Waals surface area contributed by atoms with Gasteiger partial charge in [-0.1, -0.05) is 28.1 Å². The fraction of sp³-hybridized carbons (Fsp3) is 0.417. The van der Waals surface area contributed by atoms with Crippen LogP contribution in [0.25, 0.3) is 0 Å². The lowest BCUT2D eigenvalue weighted by Crippen LogP contribution is -2.45. The van der Waals surface area contributed by atoms with Gasteiger partial charge in [-0.15, -0.1) is 12.4 Å². The van der Waals surface area contributed by atoms with E-state index in [0.717, 1.165) is 10.9 Å². The summed E-state index contributed by atoms with van der Waals surface area (Å²) >= 11 is 3.38. The van der Waals surface area contributed by atoms with E-state index in [0.29, 0.717) is 12.8 Å². The Balaban J connectivity index is 0.00000144. The minimum Gasteiger partial charge on any atom is -0.480 e. The molecule has 3 N–H and O–H groups in total. The van der Waals surface area contributed by atoms with Gasteiger partial charge in [0.15, 0.2) is 0 Å². The van der Waals surface area contributed by atoms with Crippen molar-refractivity contribution in [3.63, 3.8) is 0 Å². The number of aliphatic carboxylic acids is 1. The van der Waals surface area contributed by atoms with Gasteiger partial charge in [-0.05, 0) is 42.9 Å². The van der Waals surface area contributed by atoms with E-state index in [-0.39, 0.29) is 18.3 Å². The summed E-state index contributed by atoms with van der Waals surface area (Å²) in [5.41, 5.74) is 6.00. The molecule has 1 aromatic rings. The highest BCUT2D eigenvalue weighted by molar-refractivity contribution is 9.10. The van der Waals surface area contributed by atoms with E-state index in [1.807, 2.05) is 24.3 Å². The van der Waals surface area contributed by atoms with Crippen LogP contribution in [0.1, 0.15) is 30.7 Å². The molecule has 1 aliphatic rings. The highest BCUT2D eigenvalue weighted by Crippen LogP contribution is 2.39. The van der Waals surface area contributed by atoms with Crippen LogP contribution in [0.15, 0.2) is 28.7 Å². The fourth-order valence-electron chi connectivity index (χ4n) is 2.29. The number of halogens is 2. The number of carboxylic acid groups (broad SMARTS) is 1. The van der Waals surface area contributed by atoms with Crippen molar-refractivity contribution in [3.8, 4) is 0 Å². The molecule has 0 heterocycles. The number of rotatable bonds is 2. The van der Waals surface area contributed by atoms with Gasteiger partial charge in [0, 0.05) is 4.47 Å². The van der Waals surface area contributed by atoms with Crippen molar-refractivity contribution in [2.45, 2.75) is 30.7 Å². The zero-order valence-electron chi connectivity index (χ0n) is 9.23. The summed E-state index contributed by atoms with van der Waals surface area (Å²) < 4.78 is 1.03. The highest BCUT2D eigenvalue weighted by Gasteiger charge is 2.42. The van der Waals surface area contributed by atoms with Crippen LogP contribution in [0.2, 0.25) is 0 Å². The van der Waals surface area contributed by atoms with Crippen LogP contribution in [0, 0.1) is 0 Å². The van der Waals surface area contributed by atoms with Crippen LogP contribution >= 0.6 is 28.3 Å². The fourth-order valence-corrected chi connectivity index (χ4v) is 2.55. The van der Waals surface area contributed by atoms with E-state index in [9.17, 15) is 4.79 Å². The van der Waals surface area contributed by atoms with E-state index in [1.165, 1.54) is 5.56 Å². The van der Waals surface area contributed by atoms with Crippen molar-refractivity contribution in [1.82, 2.24) is 0 Å². The van der Waals surface area contributed by atoms with Gasteiger partial charge in [-0.2, -0.15) is 0 Å². The number of carbonyl (C=O) groups is 1. The third-order valence-corrected chi connectivity index (χ3v) is 3.85. The van der Waals surface area contributed by atoms with Crippen LogP contribution < -0.4 is 5.73 Å². The van der Waals surface area contributed by atoms with Crippen molar-refractivity contribution in [1.29, 1.82) is 0 Å². The Morgan fingerprint density at radius 2 is 2.00 bits per heavy atom. The number of nitrogens with two attached hydrogens (primary N) is 1. The largest absolute Gasteiger partial charge is 0.480 e. The molecule has 2 rings (SSSR count). The van der Waals surface area contributed by atoms with Crippen LogP contribution in [-0.4, -0.2) is 16.6 Å². The third-order valence-electron chi connectivity index (χ3n) is 3.32. The second-order valence-corrected chi connectivity index (χ2v) is 5.37. The first kappa shape index (κ1) is 14.5. The van der Waals surface area contributed by atoms with Gasteiger partial charge in [0.05, 0.1) is 0 Å². The molecule has 0 saturated heterocycles. The zero-order valence-corrected chi connectivity index (χ0v) is 11.6. The molecule has 17 heavy (non-hydrogen) atoms. The van der Waals surface area contributed by atoms with Crippen LogP contribution in [-0.2, 0) is 4.79 Å². The lowest BCUT2D eigenvalue weighted by atomic mass is 9.93. The molecule has 1 fully saturated rings. The third kappa shape index (κ3) is 3.00. The summed E-state index contributed by atoms with van der Waals surface area (Å²) in [5.74, 6) is -0.610. The Kier molecular flexibility index (Phi) is 4.58. The first-order valence-electron chi connectivity index (χ1n) is 5.29. The second kappa shape index (κ2) is 5.38. The average molecular weight is 321 g/mol. The van der Waals surface area contributed by atoms with Crippen molar-refractivity contribution >= 4 is 34.3 Å². The first-order chi connectivity index (χ1) is 7.51. The van der Waals surface area contributed by atoms with Crippen molar-refractivity contribution < 1.29 is 9.90 Å². The molecule has 0 aromatic heterocycles. The van der Waals surface area contributed by atoms with E-state index in [1.54, 1.807) is 0 Å². The topological polar surface area (TPSA) is 63.3 Å². The molecule has 94 valence electrons. The molecule has 0 bridgehead atoms. The quantitative estimate of drug-likeness (QED) is 0.880. The SMILES string of the molecule is Cl.NC1(C(=O)O)CCC(c2ccc(Br)cc2)C1. The summed E-state index contributed by atoms with van der Waals surface area (Å²) in [6.45, 7) is 0. The van der Waals surface area contributed by atoms with Crippen molar-refractivity contribution in [2.75, 3.05) is 0 Å². The maximum Gasteiger partial charge on any atom is 0.323 e. The number of carboxylic acids is 1.